The molecule has 0 atom stereocenters. The summed E-state index contributed by atoms with van der Waals surface area (Å²) in [6, 6.07) is 12.0. The molecule has 2 heteroatoms. The van der Waals surface area contributed by atoms with Crippen molar-refractivity contribution >= 4 is 11.3 Å². The Kier molecular flexibility index (Phi) is 2.57. The molecule has 74 valence electrons. The van der Waals surface area contributed by atoms with Crippen LogP contribution in [0.3, 0.4) is 0 Å². The zero-order valence-corrected chi connectivity index (χ0v) is 9.56. The van der Waals surface area contributed by atoms with Crippen molar-refractivity contribution in [3.05, 3.63) is 46.3 Å². The molecule has 0 fully saturated rings. The first-order chi connectivity index (χ1) is 7.20. The molecule has 1 aromatic carbocycles. The monoisotopic (exact) mass is 213 g/mol. The highest BCUT2D eigenvalue weighted by molar-refractivity contribution is 7.15. The molecule has 2 aromatic rings. The summed E-state index contributed by atoms with van der Waals surface area (Å²) >= 11 is 1.80. The number of nitrogens with zero attached hydrogens (tertiary/aromatic N) is 1. The fourth-order valence-corrected chi connectivity index (χ4v) is 2.46. The van der Waals surface area contributed by atoms with Crippen LogP contribution >= 0.6 is 11.3 Å². The quantitative estimate of drug-likeness (QED) is 0.704. The van der Waals surface area contributed by atoms with Crippen LogP contribution in [0, 0.1) is 25.2 Å². The van der Waals surface area contributed by atoms with Crippen molar-refractivity contribution in [2.75, 3.05) is 0 Å². The van der Waals surface area contributed by atoms with Crippen LogP contribution in [-0.4, -0.2) is 0 Å². The largest absolute Gasteiger partial charge is 0.192 e. The third-order valence-corrected chi connectivity index (χ3v) is 3.67. The maximum atomic E-state index is 8.70. The smallest absolute Gasteiger partial charge is 0.0991 e. The molecule has 0 aliphatic rings. The van der Waals surface area contributed by atoms with Gasteiger partial charge in [-0.25, -0.2) is 0 Å². The predicted octanol–water partition coefficient (Wildman–Crippen LogP) is 3.90. The van der Waals surface area contributed by atoms with E-state index in [4.69, 9.17) is 5.26 Å². The summed E-state index contributed by atoms with van der Waals surface area (Å²) in [5.74, 6) is 0. The number of benzene rings is 1. The van der Waals surface area contributed by atoms with Gasteiger partial charge in [0, 0.05) is 9.75 Å². The third-order valence-electron chi connectivity index (χ3n) is 2.46. The minimum Gasteiger partial charge on any atom is -0.192 e. The van der Waals surface area contributed by atoms with E-state index >= 15 is 0 Å². The number of rotatable bonds is 1. The van der Waals surface area contributed by atoms with Crippen molar-refractivity contribution in [3.8, 4) is 16.5 Å². The Morgan fingerprint density at radius 1 is 1.13 bits per heavy atom. The molecule has 0 spiro atoms. The molecule has 0 saturated heterocycles. The lowest BCUT2D eigenvalue weighted by Crippen LogP contribution is -1.74. The molecule has 0 unspecified atom stereocenters. The van der Waals surface area contributed by atoms with Crippen LogP contribution in [0.15, 0.2) is 30.3 Å². The van der Waals surface area contributed by atoms with Gasteiger partial charge in [-0.2, -0.15) is 5.26 Å². The Balaban J connectivity index is 2.42. The second-order valence-electron chi connectivity index (χ2n) is 3.54. The maximum absolute atomic E-state index is 8.70. The van der Waals surface area contributed by atoms with Crippen LogP contribution < -0.4 is 0 Å². The van der Waals surface area contributed by atoms with E-state index in [2.05, 4.69) is 26.0 Å². The molecule has 0 aliphatic carbocycles. The summed E-state index contributed by atoms with van der Waals surface area (Å²) in [6.45, 7) is 4.26. The summed E-state index contributed by atoms with van der Waals surface area (Å²) in [5.41, 5.74) is 3.23. The van der Waals surface area contributed by atoms with E-state index in [1.54, 1.807) is 11.3 Å². The van der Waals surface area contributed by atoms with Gasteiger partial charge >= 0.3 is 0 Å². The van der Waals surface area contributed by atoms with E-state index in [0.717, 1.165) is 0 Å². The average molecular weight is 213 g/mol. The lowest BCUT2D eigenvalue weighted by molar-refractivity contribution is 1.44. The van der Waals surface area contributed by atoms with Crippen LogP contribution in [0.5, 0.6) is 0 Å². The van der Waals surface area contributed by atoms with E-state index < -0.39 is 0 Å². The summed E-state index contributed by atoms with van der Waals surface area (Å²) in [7, 11) is 0. The molecule has 1 nitrogen and oxygen atoms in total. The van der Waals surface area contributed by atoms with Gasteiger partial charge in [0.1, 0.15) is 0 Å². The second-order valence-corrected chi connectivity index (χ2v) is 4.80. The van der Waals surface area contributed by atoms with Crippen molar-refractivity contribution in [1.82, 2.24) is 0 Å². The van der Waals surface area contributed by atoms with E-state index in [0.29, 0.717) is 5.56 Å². The van der Waals surface area contributed by atoms with Gasteiger partial charge in [-0.1, -0.05) is 12.1 Å². The van der Waals surface area contributed by atoms with Crippen molar-refractivity contribution in [2.24, 2.45) is 0 Å². The number of hydrogen-bond acceptors (Lipinski definition) is 2. The van der Waals surface area contributed by atoms with Gasteiger partial charge < -0.3 is 0 Å². The molecule has 15 heavy (non-hydrogen) atoms. The number of thiophene rings is 1. The van der Waals surface area contributed by atoms with Crippen molar-refractivity contribution in [3.63, 3.8) is 0 Å². The van der Waals surface area contributed by atoms with Crippen LogP contribution in [0.4, 0.5) is 0 Å². The average Bonchev–Trinajstić information content (AvgIpc) is 2.59. The molecule has 1 aromatic heterocycles. The summed E-state index contributed by atoms with van der Waals surface area (Å²) < 4.78 is 0. The summed E-state index contributed by atoms with van der Waals surface area (Å²) in [4.78, 5) is 2.63. The summed E-state index contributed by atoms with van der Waals surface area (Å²) in [5, 5.41) is 8.70. The molecule has 1 heterocycles. The second kappa shape index (κ2) is 3.88. The third kappa shape index (κ3) is 1.93. The minimum absolute atomic E-state index is 0.712. The first-order valence-corrected chi connectivity index (χ1v) is 5.60. The SMILES string of the molecule is Cc1cc(-c2ccc(C#N)cc2)sc1C. The van der Waals surface area contributed by atoms with Gasteiger partial charge in [0.2, 0.25) is 0 Å². The molecule has 0 saturated carbocycles. The van der Waals surface area contributed by atoms with Crippen LogP contribution in [0.25, 0.3) is 10.4 Å². The van der Waals surface area contributed by atoms with Crippen molar-refractivity contribution < 1.29 is 0 Å². The van der Waals surface area contributed by atoms with E-state index in [1.807, 2.05) is 24.3 Å². The van der Waals surface area contributed by atoms with Crippen molar-refractivity contribution in [2.45, 2.75) is 13.8 Å². The number of hydrogen-bond donors (Lipinski definition) is 0. The molecular weight excluding hydrogens is 202 g/mol. The van der Waals surface area contributed by atoms with Gasteiger partial charge in [-0.15, -0.1) is 11.3 Å². The van der Waals surface area contributed by atoms with Gasteiger partial charge in [-0.3, -0.25) is 0 Å². The van der Waals surface area contributed by atoms with Gasteiger partial charge in [0.05, 0.1) is 11.6 Å². The number of aryl methyl sites for hydroxylation is 2. The highest BCUT2D eigenvalue weighted by atomic mass is 32.1. The van der Waals surface area contributed by atoms with Crippen LogP contribution in [-0.2, 0) is 0 Å². The van der Waals surface area contributed by atoms with Gasteiger partial charge in [0.25, 0.3) is 0 Å². The molecule has 0 aliphatic heterocycles. The predicted molar refractivity (Wildman–Crippen MR) is 63.9 cm³/mol. The van der Waals surface area contributed by atoms with E-state index in [-0.39, 0.29) is 0 Å². The zero-order valence-electron chi connectivity index (χ0n) is 8.74. The summed E-state index contributed by atoms with van der Waals surface area (Å²) in [6.07, 6.45) is 0. The normalized spacial score (nSPS) is 9.93. The Morgan fingerprint density at radius 2 is 1.80 bits per heavy atom. The molecule has 0 radical (unpaired) electrons. The molecule has 2 rings (SSSR count). The van der Waals surface area contributed by atoms with Crippen molar-refractivity contribution in [1.29, 1.82) is 5.26 Å². The van der Waals surface area contributed by atoms with Gasteiger partial charge in [-0.05, 0) is 43.2 Å². The van der Waals surface area contributed by atoms with Gasteiger partial charge in [0.15, 0.2) is 0 Å². The topological polar surface area (TPSA) is 23.8 Å². The first kappa shape index (κ1) is 9.95. The Morgan fingerprint density at radius 3 is 2.27 bits per heavy atom. The van der Waals surface area contributed by atoms with E-state index in [1.165, 1.54) is 20.9 Å². The highest BCUT2D eigenvalue weighted by Gasteiger charge is 2.03. The number of nitriles is 1. The minimum atomic E-state index is 0.712. The standard InChI is InChI=1S/C13H11NS/c1-9-7-13(15-10(9)2)12-5-3-11(8-14)4-6-12/h3-7H,1-2H3. The van der Waals surface area contributed by atoms with E-state index in [9.17, 15) is 0 Å². The van der Waals surface area contributed by atoms with Crippen LogP contribution in [0.2, 0.25) is 0 Å². The highest BCUT2D eigenvalue weighted by Crippen LogP contribution is 2.30. The molecule has 0 bridgehead atoms. The Hall–Kier alpha value is -1.59. The lowest BCUT2D eigenvalue weighted by atomic mass is 10.1. The van der Waals surface area contributed by atoms with Crippen LogP contribution in [0.1, 0.15) is 16.0 Å². The fraction of sp³-hybridized carbons (Fsp3) is 0.154. The molecular formula is C13H11NS. The lowest BCUT2D eigenvalue weighted by Gasteiger charge is -1.96. The fourth-order valence-electron chi connectivity index (χ4n) is 1.42. The Bertz CT molecular complexity index is 495. The Labute approximate surface area is 93.6 Å². The first-order valence-electron chi connectivity index (χ1n) is 4.78. The molecule has 0 N–H and O–H groups in total. The molecule has 0 amide bonds. The zero-order chi connectivity index (χ0) is 10.8. The maximum Gasteiger partial charge on any atom is 0.0991 e.